The number of aliphatic hydroxyl groups excluding tert-OH is 2. The smallest absolute Gasteiger partial charge is 0.362 e. The van der Waals surface area contributed by atoms with Crippen molar-refractivity contribution < 1.29 is 25.3 Å². The fourth-order valence-electron chi connectivity index (χ4n) is 0.758. The van der Waals surface area contributed by atoms with E-state index in [2.05, 4.69) is 10.3 Å². The molecule has 0 heterocycles. The van der Waals surface area contributed by atoms with Gasteiger partial charge in [-0.2, -0.15) is 0 Å². The standard InChI is InChI=1S/C9H11NO4.H2O/c11-6-8(12)9(13)14-10-7-4-2-1-3-5-7;/h1-5,8,10-12H,6H2;1H2. The first kappa shape index (κ1) is 13.4. The Bertz CT molecular complexity index is 290. The largest absolute Gasteiger partial charge is 0.412 e. The molecule has 0 aliphatic heterocycles. The maximum absolute atomic E-state index is 10.9. The second kappa shape index (κ2) is 6.77. The summed E-state index contributed by atoms with van der Waals surface area (Å²) in [6.07, 6.45) is -1.51. The number of carbonyl (C=O) groups excluding carboxylic acids is 1. The van der Waals surface area contributed by atoms with Gasteiger partial charge in [0.15, 0.2) is 6.10 Å². The highest BCUT2D eigenvalue weighted by Gasteiger charge is 2.15. The lowest BCUT2D eigenvalue weighted by Crippen LogP contribution is -2.28. The number of rotatable bonds is 4. The molecule has 1 rings (SSSR count). The lowest BCUT2D eigenvalue weighted by Gasteiger charge is -2.08. The Kier molecular flexibility index (Phi) is 6.03. The van der Waals surface area contributed by atoms with Crippen molar-refractivity contribution in [3.8, 4) is 0 Å². The average molecular weight is 215 g/mol. The summed E-state index contributed by atoms with van der Waals surface area (Å²) in [4.78, 5) is 15.3. The first-order valence-corrected chi connectivity index (χ1v) is 4.04. The first-order valence-electron chi connectivity index (χ1n) is 4.04. The van der Waals surface area contributed by atoms with E-state index >= 15 is 0 Å². The number of benzene rings is 1. The molecule has 0 amide bonds. The molecule has 0 fully saturated rings. The van der Waals surface area contributed by atoms with Crippen LogP contribution < -0.4 is 5.48 Å². The van der Waals surface area contributed by atoms with Gasteiger partial charge in [-0.15, -0.1) is 0 Å². The fourth-order valence-corrected chi connectivity index (χ4v) is 0.758. The maximum Gasteiger partial charge on any atom is 0.362 e. The van der Waals surface area contributed by atoms with Crippen LogP contribution in [0.3, 0.4) is 0 Å². The number of hydrogen-bond donors (Lipinski definition) is 3. The fraction of sp³-hybridized carbons (Fsp3) is 0.222. The summed E-state index contributed by atoms with van der Waals surface area (Å²) in [7, 11) is 0. The summed E-state index contributed by atoms with van der Waals surface area (Å²) in [5, 5.41) is 17.3. The summed E-state index contributed by atoms with van der Waals surface area (Å²) in [5.74, 6) is -0.920. The molecule has 1 atom stereocenters. The minimum Gasteiger partial charge on any atom is -0.412 e. The lowest BCUT2D eigenvalue weighted by atomic mass is 10.3. The van der Waals surface area contributed by atoms with Crippen LogP contribution in [0.2, 0.25) is 0 Å². The molecule has 6 heteroatoms. The van der Waals surface area contributed by atoms with Crippen molar-refractivity contribution in [1.29, 1.82) is 0 Å². The van der Waals surface area contributed by atoms with Gasteiger partial charge >= 0.3 is 5.97 Å². The van der Waals surface area contributed by atoms with E-state index in [4.69, 9.17) is 10.2 Å². The van der Waals surface area contributed by atoms with Gasteiger partial charge in [0.25, 0.3) is 0 Å². The van der Waals surface area contributed by atoms with Crippen LogP contribution in [0.4, 0.5) is 5.69 Å². The Labute approximate surface area is 86.4 Å². The highest BCUT2D eigenvalue weighted by atomic mass is 16.7. The molecule has 1 unspecified atom stereocenters. The number of anilines is 1. The summed E-state index contributed by atoms with van der Waals surface area (Å²) in [6, 6.07) is 8.73. The molecule has 0 aliphatic rings. The van der Waals surface area contributed by atoms with Gasteiger partial charge in [0.05, 0.1) is 12.3 Å². The first-order chi connectivity index (χ1) is 6.74. The predicted octanol–water partition coefficient (Wildman–Crippen LogP) is -0.915. The number of carbonyl (C=O) groups is 1. The Hall–Kier alpha value is -1.63. The van der Waals surface area contributed by atoms with E-state index in [9.17, 15) is 4.79 Å². The van der Waals surface area contributed by atoms with Gasteiger partial charge in [0.1, 0.15) is 0 Å². The third-order valence-electron chi connectivity index (χ3n) is 1.49. The van der Waals surface area contributed by atoms with Crippen LogP contribution in [-0.4, -0.2) is 34.4 Å². The molecule has 1 aromatic carbocycles. The molecule has 6 nitrogen and oxygen atoms in total. The van der Waals surface area contributed by atoms with Crippen LogP contribution in [-0.2, 0) is 9.63 Å². The van der Waals surface area contributed by atoms with Gasteiger partial charge in [0, 0.05) is 0 Å². The van der Waals surface area contributed by atoms with E-state index in [1.165, 1.54) is 0 Å². The van der Waals surface area contributed by atoms with Crippen LogP contribution in [0.5, 0.6) is 0 Å². The normalized spacial score (nSPS) is 11.1. The highest BCUT2D eigenvalue weighted by molar-refractivity contribution is 5.75. The van der Waals surface area contributed by atoms with Crippen LogP contribution in [0.25, 0.3) is 0 Å². The molecule has 0 spiro atoms. The topological polar surface area (TPSA) is 110 Å². The second-order valence-electron chi connectivity index (χ2n) is 2.59. The van der Waals surface area contributed by atoms with Crippen LogP contribution >= 0.6 is 0 Å². The minimum atomic E-state index is -1.51. The van der Waals surface area contributed by atoms with E-state index in [1.807, 2.05) is 6.07 Å². The molecule has 84 valence electrons. The number of nitrogens with one attached hydrogen (secondary N) is 1. The van der Waals surface area contributed by atoms with Gasteiger partial charge in [-0.25, -0.2) is 10.3 Å². The summed E-state index contributed by atoms with van der Waals surface area (Å²) in [6.45, 7) is -0.657. The van der Waals surface area contributed by atoms with Gasteiger partial charge in [-0.1, -0.05) is 18.2 Å². The Morgan fingerprint density at radius 3 is 2.53 bits per heavy atom. The average Bonchev–Trinajstić information content (AvgIpc) is 2.26. The zero-order valence-electron chi connectivity index (χ0n) is 7.88. The van der Waals surface area contributed by atoms with Crippen LogP contribution in [0.1, 0.15) is 0 Å². The summed E-state index contributed by atoms with van der Waals surface area (Å²) >= 11 is 0. The molecule has 0 radical (unpaired) electrons. The van der Waals surface area contributed by atoms with Gasteiger partial charge < -0.3 is 20.5 Å². The van der Waals surface area contributed by atoms with Crippen molar-refractivity contribution in [1.82, 2.24) is 0 Å². The predicted molar refractivity (Wildman–Crippen MR) is 52.9 cm³/mol. The zero-order chi connectivity index (χ0) is 10.4. The molecule has 0 saturated heterocycles. The Balaban J connectivity index is 0.00000196. The van der Waals surface area contributed by atoms with Gasteiger partial charge in [-0.05, 0) is 12.1 Å². The van der Waals surface area contributed by atoms with E-state index in [1.54, 1.807) is 24.3 Å². The molecule has 0 saturated carbocycles. The van der Waals surface area contributed by atoms with Crippen molar-refractivity contribution in [3.05, 3.63) is 30.3 Å². The van der Waals surface area contributed by atoms with E-state index in [-0.39, 0.29) is 5.48 Å². The monoisotopic (exact) mass is 215 g/mol. The van der Waals surface area contributed by atoms with Gasteiger partial charge in [-0.3, -0.25) is 0 Å². The maximum atomic E-state index is 10.9. The van der Waals surface area contributed by atoms with E-state index in [0.717, 1.165) is 0 Å². The van der Waals surface area contributed by atoms with Crippen LogP contribution in [0.15, 0.2) is 30.3 Å². The zero-order valence-corrected chi connectivity index (χ0v) is 7.88. The molecule has 5 N–H and O–H groups in total. The Morgan fingerprint density at radius 2 is 2.00 bits per heavy atom. The van der Waals surface area contributed by atoms with Crippen molar-refractivity contribution >= 4 is 11.7 Å². The number of para-hydroxylation sites is 1. The third-order valence-corrected chi connectivity index (χ3v) is 1.49. The van der Waals surface area contributed by atoms with E-state index in [0.29, 0.717) is 5.69 Å². The third kappa shape index (κ3) is 4.41. The molecular formula is C9H13NO5. The highest BCUT2D eigenvalue weighted by Crippen LogP contribution is 2.04. The summed E-state index contributed by atoms with van der Waals surface area (Å²) in [5.41, 5.74) is 2.93. The molecule has 0 aromatic heterocycles. The minimum absolute atomic E-state index is 0. The van der Waals surface area contributed by atoms with Crippen molar-refractivity contribution in [2.24, 2.45) is 0 Å². The van der Waals surface area contributed by atoms with Crippen molar-refractivity contribution in [2.45, 2.75) is 6.10 Å². The SMILES string of the molecule is O.O=C(ONc1ccccc1)C(O)CO. The second-order valence-corrected chi connectivity index (χ2v) is 2.59. The van der Waals surface area contributed by atoms with Gasteiger partial charge in [0.2, 0.25) is 0 Å². The quantitative estimate of drug-likeness (QED) is 0.563. The molecular weight excluding hydrogens is 202 g/mol. The number of hydrogen-bond acceptors (Lipinski definition) is 5. The molecule has 0 aliphatic carbocycles. The molecule has 1 aromatic rings. The lowest BCUT2D eigenvalue weighted by molar-refractivity contribution is -0.152. The molecule has 0 bridgehead atoms. The van der Waals surface area contributed by atoms with Crippen LogP contribution in [0, 0.1) is 0 Å². The van der Waals surface area contributed by atoms with E-state index < -0.39 is 18.7 Å². The Morgan fingerprint density at radius 1 is 1.40 bits per heavy atom. The van der Waals surface area contributed by atoms with Crippen molar-refractivity contribution in [3.63, 3.8) is 0 Å². The summed E-state index contributed by atoms with van der Waals surface area (Å²) < 4.78 is 0. The number of aliphatic hydroxyl groups is 2. The van der Waals surface area contributed by atoms with Crippen molar-refractivity contribution in [2.75, 3.05) is 12.1 Å². The molecule has 15 heavy (non-hydrogen) atoms.